The van der Waals surface area contributed by atoms with Crippen LogP contribution in [0.4, 0.5) is 0 Å². The summed E-state index contributed by atoms with van der Waals surface area (Å²) in [6, 6.07) is 0. The van der Waals surface area contributed by atoms with Crippen molar-refractivity contribution in [2.24, 2.45) is 0 Å². The molecule has 0 saturated carbocycles. The summed E-state index contributed by atoms with van der Waals surface area (Å²) in [5, 5.41) is -0.313. The van der Waals surface area contributed by atoms with Crippen molar-refractivity contribution in [3.05, 3.63) is 14.4 Å². The molecule has 0 aromatic carbocycles. The maximum Gasteiger partial charge on any atom is 0.243 e. The van der Waals surface area contributed by atoms with Crippen molar-refractivity contribution in [2.75, 3.05) is 12.8 Å². The second-order valence-electron chi connectivity index (χ2n) is 2.79. The molecule has 6 heteroatoms. The monoisotopic (exact) mass is 334 g/mol. The van der Waals surface area contributed by atoms with Crippen LogP contribution in [0.1, 0.15) is 20.3 Å². The summed E-state index contributed by atoms with van der Waals surface area (Å²) in [6.07, 6.45) is 1.97. The molecule has 0 spiro atoms. The van der Waals surface area contributed by atoms with Crippen LogP contribution in [0, 0.1) is 14.4 Å². The second kappa shape index (κ2) is 11.2. The van der Waals surface area contributed by atoms with Crippen LogP contribution in [-0.2, 0) is 47.1 Å². The number of ketones is 1. The first-order chi connectivity index (χ1) is 7.06. The van der Waals surface area contributed by atoms with Gasteiger partial charge in [-0.1, -0.05) is 13.8 Å². The molecular weight excluding hydrogens is 315 g/mol. The van der Waals surface area contributed by atoms with E-state index in [0.29, 0.717) is 0 Å². The average molecular weight is 334 g/mol. The number of imide groups is 1. The number of nitrogens with zero attached hydrogens (tertiary/aromatic N) is 1. The summed E-state index contributed by atoms with van der Waals surface area (Å²) >= 11 is 1.33. The van der Waals surface area contributed by atoms with E-state index >= 15 is 0 Å². The van der Waals surface area contributed by atoms with E-state index in [0.717, 1.165) is 4.90 Å². The van der Waals surface area contributed by atoms with Crippen LogP contribution >= 0.6 is 11.8 Å². The van der Waals surface area contributed by atoms with Crippen LogP contribution in [0.15, 0.2) is 0 Å². The first kappa shape index (κ1) is 22.3. The third kappa shape index (κ3) is 6.58. The number of hydrogen-bond acceptors (Lipinski definition) is 4. The maximum absolute atomic E-state index is 11.4. The Hall–Kier alpha value is 0.134. The third-order valence-electron chi connectivity index (χ3n) is 1.82. The zero-order chi connectivity index (χ0) is 12.0. The minimum absolute atomic E-state index is 0. The molecule has 0 bridgehead atoms. The Morgan fingerprint density at radius 1 is 1.47 bits per heavy atom. The van der Waals surface area contributed by atoms with Gasteiger partial charge in [-0.15, -0.1) is 0 Å². The van der Waals surface area contributed by atoms with E-state index in [1.165, 1.54) is 11.8 Å². The van der Waals surface area contributed by atoms with E-state index < -0.39 is 5.78 Å². The van der Waals surface area contributed by atoms with Gasteiger partial charge in [0, 0.05) is 44.9 Å². The summed E-state index contributed by atoms with van der Waals surface area (Å²) in [4.78, 5) is 34.2. The predicted molar refractivity (Wildman–Crippen MR) is 66.8 cm³/mol. The van der Waals surface area contributed by atoms with Crippen molar-refractivity contribution in [3.8, 4) is 0 Å². The number of Topliss-reactive ketones (excluding diaryl/α,β-unsaturated/α-hetero) is 1. The van der Waals surface area contributed by atoms with Gasteiger partial charge < -0.3 is 19.1 Å². The van der Waals surface area contributed by atoms with Crippen LogP contribution in [0.2, 0.25) is 0 Å². The smallest absolute Gasteiger partial charge is 0.243 e. The van der Waals surface area contributed by atoms with Crippen LogP contribution in [-0.4, -0.2) is 40.5 Å². The molecule has 0 aromatic heterocycles. The summed E-state index contributed by atoms with van der Waals surface area (Å²) in [5.41, 5.74) is 0. The molecule has 4 nitrogen and oxygen atoms in total. The molecule has 97 valence electrons. The first-order valence-corrected chi connectivity index (χ1v) is 6.07. The van der Waals surface area contributed by atoms with E-state index in [-0.39, 0.29) is 70.2 Å². The van der Waals surface area contributed by atoms with E-state index in [1.807, 2.05) is 13.8 Å². The largest absolute Gasteiger partial charge is 0.358 e. The SMILES string of the molecule is CC.[CH2-]C(=O)CN1C(=O)CC(SC)C1=O.[CH3-].[Y]. The molecular formula is C11H19NO3SY-2. The molecule has 1 heterocycles. The van der Waals surface area contributed by atoms with Gasteiger partial charge in [-0.25, -0.2) is 0 Å². The number of hydrogen-bond donors (Lipinski definition) is 0. The van der Waals surface area contributed by atoms with E-state index in [1.54, 1.807) is 6.26 Å². The number of rotatable bonds is 3. The molecule has 1 fully saturated rings. The van der Waals surface area contributed by atoms with Gasteiger partial charge in [0.25, 0.3) is 0 Å². The first-order valence-electron chi connectivity index (χ1n) is 4.78. The maximum atomic E-state index is 11.4. The summed E-state index contributed by atoms with van der Waals surface area (Å²) in [6.45, 7) is 6.94. The van der Waals surface area contributed by atoms with Crippen molar-refractivity contribution < 1.29 is 47.1 Å². The Morgan fingerprint density at radius 2 is 1.94 bits per heavy atom. The van der Waals surface area contributed by atoms with E-state index in [4.69, 9.17) is 0 Å². The van der Waals surface area contributed by atoms with Gasteiger partial charge in [0.1, 0.15) is 0 Å². The molecule has 0 aliphatic carbocycles. The number of carbonyl (C=O) groups excluding carboxylic acids is 3. The van der Waals surface area contributed by atoms with Crippen molar-refractivity contribution in [3.63, 3.8) is 0 Å². The van der Waals surface area contributed by atoms with Gasteiger partial charge >= 0.3 is 0 Å². The van der Waals surface area contributed by atoms with Crippen molar-refractivity contribution in [2.45, 2.75) is 25.5 Å². The van der Waals surface area contributed by atoms with Gasteiger partial charge in [-0.3, -0.25) is 14.5 Å². The Labute approximate surface area is 133 Å². The summed E-state index contributed by atoms with van der Waals surface area (Å²) in [7, 11) is 0. The van der Waals surface area contributed by atoms with Crippen LogP contribution in [0.5, 0.6) is 0 Å². The number of carbonyl (C=O) groups is 3. The molecule has 1 unspecified atom stereocenters. The quantitative estimate of drug-likeness (QED) is 0.578. The minimum Gasteiger partial charge on any atom is -0.358 e. The standard InChI is InChI=1S/C8H10NO3S.C2H6.CH3.Y/c1-5(10)4-9-7(11)3-6(13-2)8(9)12;1-2;;/h6H,1,3-4H2,2H3;1-2H3;1H3;/q-1;;-1;. The van der Waals surface area contributed by atoms with Crippen molar-refractivity contribution in [1.29, 1.82) is 0 Å². The summed E-state index contributed by atoms with van der Waals surface area (Å²) in [5.74, 6) is -0.959. The number of amides is 2. The van der Waals surface area contributed by atoms with Gasteiger partial charge in [0.05, 0.1) is 11.8 Å². The fourth-order valence-corrected chi connectivity index (χ4v) is 1.82. The van der Waals surface area contributed by atoms with Crippen molar-refractivity contribution >= 4 is 29.4 Å². The minimum atomic E-state index is -0.413. The van der Waals surface area contributed by atoms with Crippen LogP contribution in [0.25, 0.3) is 0 Å². The second-order valence-corrected chi connectivity index (χ2v) is 3.83. The molecule has 1 saturated heterocycles. The third-order valence-corrected chi connectivity index (χ3v) is 2.76. The van der Waals surface area contributed by atoms with Crippen molar-refractivity contribution in [1.82, 2.24) is 4.90 Å². The molecule has 1 radical (unpaired) electrons. The Kier molecular flexibility index (Phi) is 14.8. The molecule has 1 aliphatic rings. The summed E-state index contributed by atoms with van der Waals surface area (Å²) < 4.78 is 0. The van der Waals surface area contributed by atoms with E-state index in [9.17, 15) is 14.4 Å². The topological polar surface area (TPSA) is 54.5 Å². The molecule has 0 N–H and O–H groups in total. The molecule has 17 heavy (non-hydrogen) atoms. The zero-order valence-corrected chi connectivity index (χ0v) is 14.5. The molecule has 0 aromatic rings. The number of thioether (sulfide) groups is 1. The van der Waals surface area contributed by atoms with Gasteiger partial charge in [0.2, 0.25) is 11.8 Å². The van der Waals surface area contributed by atoms with Gasteiger partial charge in [-0.2, -0.15) is 11.8 Å². The zero-order valence-electron chi connectivity index (χ0n) is 10.9. The molecule has 2 amide bonds. The van der Waals surface area contributed by atoms with Crippen LogP contribution < -0.4 is 0 Å². The number of likely N-dealkylation sites (tertiary alicyclic amines) is 1. The van der Waals surface area contributed by atoms with Gasteiger partial charge in [0.15, 0.2) is 0 Å². The Morgan fingerprint density at radius 3 is 2.24 bits per heavy atom. The molecule has 1 rings (SSSR count). The molecule has 1 aliphatic heterocycles. The Balaban J connectivity index is -0.000000464. The Bertz CT molecular complexity index is 271. The molecule has 1 atom stereocenters. The fourth-order valence-electron chi connectivity index (χ4n) is 1.18. The van der Waals surface area contributed by atoms with Crippen LogP contribution in [0.3, 0.4) is 0 Å². The normalized spacial score (nSPS) is 17.6. The predicted octanol–water partition coefficient (Wildman–Crippen LogP) is 1.35. The van der Waals surface area contributed by atoms with E-state index in [2.05, 4.69) is 6.92 Å². The van der Waals surface area contributed by atoms with Gasteiger partial charge in [-0.05, 0) is 6.26 Å². The average Bonchev–Trinajstić information content (AvgIpc) is 2.48. The fraction of sp³-hybridized carbons (Fsp3) is 0.545.